The second kappa shape index (κ2) is 32.6. The number of carbonyl (C=O) groups is 2. The summed E-state index contributed by atoms with van der Waals surface area (Å²) in [6.45, 7) is 4.06. The molecule has 0 aromatic rings. The molecule has 0 fully saturated rings. The Morgan fingerprint density at radius 1 is 0.561 bits per heavy atom. The van der Waals surface area contributed by atoms with E-state index < -0.39 is 6.10 Å². The van der Waals surface area contributed by atoms with Crippen LogP contribution in [0.4, 0.5) is 0 Å². The molecule has 0 saturated carbocycles. The number of unbranched alkanes of at least 4 members (excludes halogenated alkanes) is 16. The van der Waals surface area contributed by atoms with Crippen molar-refractivity contribution >= 4 is 11.9 Å². The van der Waals surface area contributed by atoms with E-state index in [1.165, 1.54) is 70.6 Å². The maximum absolute atomic E-state index is 12.1. The van der Waals surface area contributed by atoms with Crippen LogP contribution in [0, 0.1) is 0 Å². The Kier molecular flexibility index (Phi) is 31.1. The molecular formula is C36H64O5. The molecule has 0 amide bonds. The molecule has 1 atom stereocenters. The molecule has 0 aromatic carbocycles. The summed E-state index contributed by atoms with van der Waals surface area (Å²) in [6, 6.07) is 0. The Bertz CT molecular complexity index is 667. The Morgan fingerprint density at radius 3 is 1.51 bits per heavy atom. The summed E-state index contributed by atoms with van der Waals surface area (Å²) >= 11 is 0. The van der Waals surface area contributed by atoms with Gasteiger partial charge in [0.25, 0.3) is 0 Å². The molecule has 0 aliphatic carbocycles. The molecule has 0 aliphatic rings. The fourth-order valence-electron chi connectivity index (χ4n) is 4.56. The fourth-order valence-corrected chi connectivity index (χ4v) is 4.56. The van der Waals surface area contributed by atoms with Gasteiger partial charge in [-0.05, 0) is 51.4 Å². The summed E-state index contributed by atoms with van der Waals surface area (Å²) in [7, 11) is 0. The van der Waals surface area contributed by atoms with Crippen LogP contribution in [0.1, 0.15) is 162 Å². The number of hydrogen-bond acceptors (Lipinski definition) is 5. The third kappa shape index (κ3) is 30.9. The summed E-state index contributed by atoms with van der Waals surface area (Å²) < 4.78 is 10.5. The first-order valence-electron chi connectivity index (χ1n) is 17.0. The van der Waals surface area contributed by atoms with Gasteiger partial charge < -0.3 is 14.6 Å². The number of hydrogen-bond donors (Lipinski definition) is 1. The number of carbonyl (C=O) groups excluding carboxylic acids is 2. The second-order valence-corrected chi connectivity index (χ2v) is 11.2. The summed E-state index contributed by atoms with van der Waals surface area (Å²) in [5.41, 5.74) is 0. The van der Waals surface area contributed by atoms with Crippen molar-refractivity contribution in [3.63, 3.8) is 0 Å². The minimum atomic E-state index is -0.778. The van der Waals surface area contributed by atoms with Gasteiger partial charge in [0.1, 0.15) is 6.61 Å². The van der Waals surface area contributed by atoms with Crippen LogP contribution in [0.3, 0.4) is 0 Å². The molecule has 238 valence electrons. The van der Waals surface area contributed by atoms with E-state index in [4.69, 9.17) is 9.47 Å². The van der Waals surface area contributed by atoms with Crippen LogP contribution in [-0.4, -0.2) is 36.4 Å². The van der Waals surface area contributed by atoms with Crippen molar-refractivity contribution in [3.8, 4) is 0 Å². The quantitative estimate of drug-likeness (QED) is 0.0523. The van der Waals surface area contributed by atoms with Crippen LogP contribution in [0.5, 0.6) is 0 Å². The molecule has 0 saturated heterocycles. The van der Waals surface area contributed by atoms with Crippen molar-refractivity contribution in [1.82, 2.24) is 0 Å². The highest BCUT2D eigenvalue weighted by Gasteiger charge is 2.16. The van der Waals surface area contributed by atoms with Crippen LogP contribution in [0.25, 0.3) is 0 Å². The SMILES string of the molecule is CCCCC/C=C\C/C=C\C/C=C\CCCCCCC(=O)O[C@@H](CO)COC(=O)CCCCCCCCCCCC. The topological polar surface area (TPSA) is 72.8 Å². The maximum Gasteiger partial charge on any atom is 0.306 e. The number of allylic oxidation sites excluding steroid dienone is 6. The molecule has 0 aromatic heterocycles. The molecule has 5 heteroatoms. The van der Waals surface area contributed by atoms with E-state index in [-0.39, 0.29) is 25.2 Å². The van der Waals surface area contributed by atoms with Crippen molar-refractivity contribution in [2.24, 2.45) is 0 Å². The molecule has 0 heterocycles. The van der Waals surface area contributed by atoms with E-state index in [2.05, 4.69) is 50.3 Å². The highest BCUT2D eigenvalue weighted by Crippen LogP contribution is 2.12. The first kappa shape index (κ1) is 39.1. The standard InChI is InChI=1S/C36H64O5/c1-3-5-7-9-11-13-15-16-17-18-19-20-21-23-25-27-29-31-36(39)41-34(32-37)33-40-35(38)30-28-26-24-22-14-12-10-8-6-4-2/h11,13,16-17,19-20,34,37H,3-10,12,14-15,18,21-33H2,1-2H3/b13-11-,17-16-,20-19-/t34-/m0/s1. The lowest BCUT2D eigenvalue weighted by Gasteiger charge is -2.15. The molecule has 0 bridgehead atoms. The van der Waals surface area contributed by atoms with E-state index in [0.717, 1.165) is 64.2 Å². The van der Waals surface area contributed by atoms with E-state index in [0.29, 0.717) is 12.8 Å². The van der Waals surface area contributed by atoms with Crippen LogP contribution < -0.4 is 0 Å². The number of esters is 2. The third-order valence-corrected chi connectivity index (χ3v) is 7.19. The second-order valence-electron chi connectivity index (χ2n) is 11.2. The molecule has 0 rings (SSSR count). The van der Waals surface area contributed by atoms with Crippen molar-refractivity contribution < 1.29 is 24.2 Å². The van der Waals surface area contributed by atoms with Crippen molar-refractivity contribution in [1.29, 1.82) is 0 Å². The highest BCUT2D eigenvalue weighted by atomic mass is 16.6. The molecule has 0 radical (unpaired) electrons. The first-order valence-corrected chi connectivity index (χ1v) is 17.0. The minimum absolute atomic E-state index is 0.0733. The number of ether oxygens (including phenoxy) is 2. The molecule has 1 N–H and O–H groups in total. The summed E-state index contributed by atoms with van der Waals surface area (Å²) in [5, 5.41) is 9.49. The zero-order valence-corrected chi connectivity index (χ0v) is 26.8. The highest BCUT2D eigenvalue weighted by molar-refractivity contribution is 5.70. The van der Waals surface area contributed by atoms with Crippen LogP contribution in [-0.2, 0) is 19.1 Å². The van der Waals surface area contributed by atoms with Gasteiger partial charge in [0.15, 0.2) is 6.10 Å². The Labute approximate surface area is 253 Å². The van der Waals surface area contributed by atoms with E-state index in [1.54, 1.807) is 0 Å². The summed E-state index contributed by atoms with van der Waals surface area (Å²) in [4.78, 5) is 24.1. The Hall–Kier alpha value is -1.88. The lowest BCUT2D eigenvalue weighted by Crippen LogP contribution is -2.28. The normalized spacial score (nSPS) is 12.6. The minimum Gasteiger partial charge on any atom is -0.462 e. The van der Waals surface area contributed by atoms with Crippen LogP contribution in [0.2, 0.25) is 0 Å². The van der Waals surface area contributed by atoms with Gasteiger partial charge in [0.05, 0.1) is 6.61 Å². The molecule has 0 spiro atoms. The Balaban J connectivity index is 3.64. The lowest BCUT2D eigenvalue weighted by atomic mass is 10.1. The van der Waals surface area contributed by atoms with Gasteiger partial charge in [-0.1, -0.05) is 134 Å². The van der Waals surface area contributed by atoms with Gasteiger partial charge >= 0.3 is 11.9 Å². The first-order chi connectivity index (χ1) is 20.1. The average molecular weight is 577 g/mol. The van der Waals surface area contributed by atoms with Gasteiger partial charge in [0.2, 0.25) is 0 Å². The molecule has 41 heavy (non-hydrogen) atoms. The predicted octanol–water partition coefficient (Wildman–Crippen LogP) is 10.1. The summed E-state index contributed by atoms with van der Waals surface area (Å²) in [6.07, 6.45) is 37.6. The smallest absolute Gasteiger partial charge is 0.306 e. The van der Waals surface area contributed by atoms with Crippen molar-refractivity contribution in [3.05, 3.63) is 36.5 Å². The Morgan fingerprint density at radius 2 is 0.976 bits per heavy atom. The zero-order valence-electron chi connectivity index (χ0n) is 26.8. The lowest BCUT2D eigenvalue weighted by molar-refractivity contribution is -0.161. The van der Waals surface area contributed by atoms with Gasteiger partial charge in [-0.2, -0.15) is 0 Å². The third-order valence-electron chi connectivity index (χ3n) is 7.19. The van der Waals surface area contributed by atoms with Crippen molar-refractivity contribution in [2.45, 2.75) is 168 Å². The average Bonchev–Trinajstić information content (AvgIpc) is 2.97. The molecule has 5 nitrogen and oxygen atoms in total. The predicted molar refractivity (Wildman–Crippen MR) is 173 cm³/mol. The van der Waals surface area contributed by atoms with Gasteiger partial charge in [0, 0.05) is 12.8 Å². The van der Waals surface area contributed by atoms with Gasteiger partial charge in [-0.3, -0.25) is 9.59 Å². The molecular weight excluding hydrogens is 512 g/mol. The van der Waals surface area contributed by atoms with Crippen LogP contribution >= 0.6 is 0 Å². The molecule has 0 aliphatic heterocycles. The molecule has 0 unspecified atom stereocenters. The largest absolute Gasteiger partial charge is 0.462 e. The van der Waals surface area contributed by atoms with E-state index in [1.807, 2.05) is 0 Å². The number of aliphatic hydroxyl groups is 1. The van der Waals surface area contributed by atoms with Gasteiger partial charge in [-0.25, -0.2) is 0 Å². The summed E-state index contributed by atoms with van der Waals surface area (Å²) in [5.74, 6) is -0.619. The van der Waals surface area contributed by atoms with E-state index in [9.17, 15) is 14.7 Å². The van der Waals surface area contributed by atoms with Crippen molar-refractivity contribution in [2.75, 3.05) is 13.2 Å². The fraction of sp³-hybridized carbons (Fsp3) is 0.778. The van der Waals surface area contributed by atoms with Crippen LogP contribution in [0.15, 0.2) is 36.5 Å². The monoisotopic (exact) mass is 576 g/mol. The maximum atomic E-state index is 12.1. The van der Waals surface area contributed by atoms with E-state index >= 15 is 0 Å². The number of aliphatic hydroxyl groups excluding tert-OH is 1. The zero-order chi connectivity index (χ0) is 30.1. The van der Waals surface area contributed by atoms with Gasteiger partial charge in [-0.15, -0.1) is 0 Å². The number of rotatable bonds is 30.